The monoisotopic (exact) mass is 232 g/mol. The third-order valence-electron chi connectivity index (χ3n) is 2.83. The molecule has 4 heteroatoms. The lowest BCUT2D eigenvalue weighted by Gasteiger charge is -2.03. The summed E-state index contributed by atoms with van der Waals surface area (Å²) in [4.78, 5) is 4.12. The van der Waals surface area contributed by atoms with Gasteiger partial charge < -0.3 is 14.5 Å². The molecule has 2 heterocycles. The highest BCUT2D eigenvalue weighted by atomic mass is 15.1. The second-order valence-corrected chi connectivity index (χ2v) is 4.36. The first-order chi connectivity index (χ1) is 8.29. The fraction of sp³-hybridized carbons (Fsp3) is 0.462. The lowest BCUT2D eigenvalue weighted by molar-refractivity contribution is 0.671. The van der Waals surface area contributed by atoms with E-state index in [4.69, 9.17) is 0 Å². The molecule has 0 aromatic carbocycles. The first-order valence-electron chi connectivity index (χ1n) is 6.10. The summed E-state index contributed by atoms with van der Waals surface area (Å²) in [5.41, 5.74) is 2.55. The summed E-state index contributed by atoms with van der Waals surface area (Å²) in [5.74, 6) is 0. The van der Waals surface area contributed by atoms with Crippen molar-refractivity contribution in [1.29, 1.82) is 0 Å². The van der Waals surface area contributed by atoms with E-state index < -0.39 is 0 Å². The Morgan fingerprint density at radius 2 is 2.29 bits per heavy atom. The van der Waals surface area contributed by atoms with Gasteiger partial charge in [0, 0.05) is 32.2 Å². The Kier molecular flexibility index (Phi) is 3.98. The molecule has 1 N–H and O–H groups in total. The van der Waals surface area contributed by atoms with Gasteiger partial charge in [-0.3, -0.25) is 0 Å². The fourth-order valence-corrected chi connectivity index (χ4v) is 1.83. The molecule has 2 rings (SSSR count). The number of imidazole rings is 1. The van der Waals surface area contributed by atoms with Crippen LogP contribution in [0.4, 0.5) is 0 Å². The van der Waals surface area contributed by atoms with Crippen molar-refractivity contribution in [3.8, 4) is 0 Å². The van der Waals surface area contributed by atoms with Crippen molar-refractivity contribution in [2.24, 2.45) is 7.05 Å². The van der Waals surface area contributed by atoms with E-state index in [-0.39, 0.29) is 0 Å². The Hall–Kier alpha value is -1.55. The van der Waals surface area contributed by atoms with Crippen LogP contribution in [-0.2, 0) is 20.1 Å². The van der Waals surface area contributed by atoms with Gasteiger partial charge in [-0.1, -0.05) is 6.92 Å². The normalized spacial score (nSPS) is 10.9. The first kappa shape index (κ1) is 11.9. The SMILES string of the molecule is CCCNCc1ccn(Cc2cncn2C)c1. The van der Waals surface area contributed by atoms with Crippen LogP contribution in [0.15, 0.2) is 31.0 Å². The van der Waals surface area contributed by atoms with Crippen molar-refractivity contribution in [2.45, 2.75) is 26.4 Å². The summed E-state index contributed by atoms with van der Waals surface area (Å²) < 4.78 is 4.25. The van der Waals surface area contributed by atoms with Crippen LogP contribution in [0.3, 0.4) is 0 Å². The van der Waals surface area contributed by atoms with Gasteiger partial charge in [0.2, 0.25) is 0 Å². The molecule has 17 heavy (non-hydrogen) atoms. The molecule has 0 saturated carbocycles. The standard InChI is InChI=1S/C13H20N4/c1-3-5-14-7-12-4-6-17(9-12)10-13-8-15-11-16(13)2/h4,6,8-9,11,14H,3,5,7,10H2,1-2H3. The average Bonchev–Trinajstić information content (AvgIpc) is 2.91. The van der Waals surface area contributed by atoms with E-state index in [0.717, 1.165) is 19.6 Å². The maximum absolute atomic E-state index is 4.12. The van der Waals surface area contributed by atoms with Crippen LogP contribution < -0.4 is 5.32 Å². The number of hydrogen-bond acceptors (Lipinski definition) is 2. The van der Waals surface area contributed by atoms with Crippen LogP contribution in [0.2, 0.25) is 0 Å². The van der Waals surface area contributed by atoms with Gasteiger partial charge in [0.1, 0.15) is 0 Å². The lowest BCUT2D eigenvalue weighted by Crippen LogP contribution is -2.13. The van der Waals surface area contributed by atoms with Crippen LogP contribution in [0.25, 0.3) is 0 Å². The summed E-state index contributed by atoms with van der Waals surface area (Å²) in [6.07, 6.45) is 9.24. The van der Waals surface area contributed by atoms with Gasteiger partial charge in [0.15, 0.2) is 0 Å². The molecule has 0 fully saturated rings. The molecule has 0 unspecified atom stereocenters. The van der Waals surface area contributed by atoms with Crippen molar-refractivity contribution in [3.63, 3.8) is 0 Å². The molecule has 0 bridgehead atoms. The zero-order chi connectivity index (χ0) is 12.1. The minimum Gasteiger partial charge on any atom is -0.348 e. The minimum absolute atomic E-state index is 0.879. The van der Waals surface area contributed by atoms with E-state index in [9.17, 15) is 0 Å². The molecule has 2 aromatic rings. The number of nitrogens with one attached hydrogen (secondary N) is 1. The molecule has 0 aliphatic carbocycles. The molecule has 0 spiro atoms. The number of rotatable bonds is 6. The van der Waals surface area contributed by atoms with Crippen molar-refractivity contribution in [2.75, 3.05) is 6.54 Å². The maximum Gasteiger partial charge on any atom is 0.0946 e. The van der Waals surface area contributed by atoms with E-state index in [0.29, 0.717) is 0 Å². The third kappa shape index (κ3) is 3.20. The molecule has 2 aromatic heterocycles. The molecule has 0 atom stereocenters. The van der Waals surface area contributed by atoms with E-state index in [1.807, 2.05) is 19.6 Å². The zero-order valence-corrected chi connectivity index (χ0v) is 10.6. The molecule has 0 aliphatic rings. The number of aromatic nitrogens is 3. The molecular weight excluding hydrogens is 212 g/mol. The van der Waals surface area contributed by atoms with Crippen LogP contribution in [-0.4, -0.2) is 20.7 Å². The summed E-state index contributed by atoms with van der Waals surface area (Å²) >= 11 is 0. The summed E-state index contributed by atoms with van der Waals surface area (Å²) in [6.45, 7) is 5.09. The molecule has 0 radical (unpaired) electrons. The second kappa shape index (κ2) is 5.68. The number of hydrogen-bond donors (Lipinski definition) is 1. The quantitative estimate of drug-likeness (QED) is 0.770. The Balaban J connectivity index is 1.92. The molecule has 4 nitrogen and oxygen atoms in total. The summed E-state index contributed by atoms with van der Waals surface area (Å²) in [5, 5.41) is 3.40. The van der Waals surface area contributed by atoms with Gasteiger partial charge in [-0.25, -0.2) is 4.98 Å². The van der Waals surface area contributed by atoms with Crippen molar-refractivity contribution < 1.29 is 0 Å². The smallest absolute Gasteiger partial charge is 0.0946 e. The van der Waals surface area contributed by atoms with Crippen LogP contribution in [0.5, 0.6) is 0 Å². The van der Waals surface area contributed by atoms with Crippen molar-refractivity contribution >= 4 is 0 Å². The molecule has 0 amide bonds. The highest BCUT2D eigenvalue weighted by Crippen LogP contribution is 2.05. The Morgan fingerprint density at radius 1 is 1.41 bits per heavy atom. The maximum atomic E-state index is 4.12. The second-order valence-electron chi connectivity index (χ2n) is 4.36. The summed E-state index contributed by atoms with van der Waals surface area (Å²) in [7, 11) is 2.02. The molecule has 0 saturated heterocycles. The highest BCUT2D eigenvalue weighted by molar-refractivity contribution is 5.11. The Bertz CT molecular complexity index is 455. The molecule has 92 valence electrons. The van der Waals surface area contributed by atoms with Gasteiger partial charge in [-0.15, -0.1) is 0 Å². The minimum atomic E-state index is 0.879. The van der Waals surface area contributed by atoms with Gasteiger partial charge in [0.05, 0.1) is 18.6 Å². The third-order valence-corrected chi connectivity index (χ3v) is 2.83. The lowest BCUT2D eigenvalue weighted by atomic mass is 10.3. The molecule has 0 aliphatic heterocycles. The largest absolute Gasteiger partial charge is 0.348 e. The van der Waals surface area contributed by atoms with E-state index >= 15 is 0 Å². The number of aryl methyl sites for hydroxylation is 1. The summed E-state index contributed by atoms with van der Waals surface area (Å²) in [6, 6.07) is 2.17. The first-order valence-corrected chi connectivity index (χ1v) is 6.10. The van der Waals surface area contributed by atoms with Gasteiger partial charge >= 0.3 is 0 Å². The topological polar surface area (TPSA) is 34.8 Å². The average molecular weight is 232 g/mol. The molecular formula is C13H20N4. The Morgan fingerprint density at radius 3 is 3.00 bits per heavy atom. The van der Waals surface area contributed by atoms with Crippen molar-refractivity contribution in [1.82, 2.24) is 19.4 Å². The highest BCUT2D eigenvalue weighted by Gasteiger charge is 2.01. The zero-order valence-electron chi connectivity index (χ0n) is 10.6. The van der Waals surface area contributed by atoms with E-state index in [1.165, 1.54) is 17.7 Å². The van der Waals surface area contributed by atoms with Crippen LogP contribution >= 0.6 is 0 Å². The number of nitrogens with zero attached hydrogens (tertiary/aromatic N) is 3. The van der Waals surface area contributed by atoms with Gasteiger partial charge in [-0.05, 0) is 24.6 Å². The van der Waals surface area contributed by atoms with Crippen molar-refractivity contribution in [3.05, 3.63) is 42.2 Å². The van der Waals surface area contributed by atoms with E-state index in [1.54, 1.807) is 0 Å². The van der Waals surface area contributed by atoms with Crippen LogP contribution in [0, 0.1) is 0 Å². The predicted octanol–water partition coefficient (Wildman–Crippen LogP) is 1.77. The fourth-order valence-electron chi connectivity index (χ4n) is 1.83. The van der Waals surface area contributed by atoms with E-state index in [2.05, 4.69) is 44.8 Å². The van der Waals surface area contributed by atoms with Gasteiger partial charge in [-0.2, -0.15) is 0 Å². The van der Waals surface area contributed by atoms with Crippen LogP contribution in [0.1, 0.15) is 24.6 Å². The van der Waals surface area contributed by atoms with Gasteiger partial charge in [0.25, 0.3) is 0 Å². The predicted molar refractivity (Wildman–Crippen MR) is 68.7 cm³/mol. The Labute approximate surface area is 102 Å².